The second-order valence-corrected chi connectivity index (χ2v) is 3.99. The van der Waals surface area contributed by atoms with Crippen LogP contribution in [0.2, 0.25) is 0 Å². The average Bonchev–Trinajstić information content (AvgIpc) is 2.21. The number of carbonyl (C=O) groups excluding carboxylic acids is 1. The second kappa shape index (κ2) is 5.26. The van der Waals surface area contributed by atoms with Gasteiger partial charge >= 0.3 is 0 Å². The molecule has 15 heavy (non-hydrogen) atoms. The molecule has 1 aromatic carbocycles. The molecule has 0 heterocycles. The maximum atomic E-state index is 13.0. The summed E-state index contributed by atoms with van der Waals surface area (Å²) in [5.74, 6) is -0.303. The van der Waals surface area contributed by atoms with Gasteiger partial charge in [-0.1, -0.05) is 28.1 Å². The molecule has 1 amide bonds. The summed E-state index contributed by atoms with van der Waals surface area (Å²) in [5, 5.41) is 3.06. The van der Waals surface area contributed by atoms with Gasteiger partial charge in [-0.15, -0.1) is 0 Å². The average molecular weight is 274 g/mol. The SMILES string of the molecule is Cc1cc([C@H](C)NC(=O)CBr)ccc1F. The first-order valence-electron chi connectivity index (χ1n) is 4.66. The Labute approximate surface area is 97.0 Å². The minimum absolute atomic E-state index is 0.0792. The molecule has 1 rings (SSSR count). The van der Waals surface area contributed by atoms with E-state index in [-0.39, 0.29) is 23.1 Å². The molecule has 1 N–H and O–H groups in total. The van der Waals surface area contributed by atoms with Gasteiger partial charge in [0.1, 0.15) is 5.82 Å². The Balaban J connectivity index is 2.78. The zero-order chi connectivity index (χ0) is 11.4. The van der Waals surface area contributed by atoms with Crippen LogP contribution in [0.4, 0.5) is 4.39 Å². The molecule has 4 heteroatoms. The molecular weight excluding hydrogens is 261 g/mol. The van der Waals surface area contributed by atoms with Gasteiger partial charge in [-0.2, -0.15) is 0 Å². The molecule has 0 aliphatic heterocycles. The fourth-order valence-electron chi connectivity index (χ4n) is 1.30. The summed E-state index contributed by atoms with van der Waals surface area (Å²) in [5.41, 5.74) is 1.50. The van der Waals surface area contributed by atoms with Crippen LogP contribution in [-0.2, 0) is 4.79 Å². The number of amides is 1. The molecule has 0 bridgehead atoms. The van der Waals surface area contributed by atoms with Crippen LogP contribution in [0.3, 0.4) is 0 Å². The van der Waals surface area contributed by atoms with Crippen molar-refractivity contribution in [3.8, 4) is 0 Å². The lowest BCUT2D eigenvalue weighted by molar-refractivity contribution is -0.119. The van der Waals surface area contributed by atoms with Gasteiger partial charge in [-0.25, -0.2) is 4.39 Å². The van der Waals surface area contributed by atoms with E-state index in [4.69, 9.17) is 0 Å². The van der Waals surface area contributed by atoms with Gasteiger partial charge in [-0.05, 0) is 31.0 Å². The molecule has 0 aliphatic carbocycles. The van der Waals surface area contributed by atoms with Gasteiger partial charge in [0.05, 0.1) is 11.4 Å². The lowest BCUT2D eigenvalue weighted by Gasteiger charge is -2.14. The third-order valence-electron chi connectivity index (χ3n) is 2.18. The Kier molecular flexibility index (Phi) is 4.27. The van der Waals surface area contributed by atoms with Gasteiger partial charge in [0.2, 0.25) is 5.91 Å². The van der Waals surface area contributed by atoms with Crippen LogP contribution < -0.4 is 5.32 Å². The van der Waals surface area contributed by atoms with Crippen molar-refractivity contribution in [2.75, 3.05) is 5.33 Å². The predicted octanol–water partition coefficient (Wildman–Crippen LogP) is 2.71. The molecule has 0 aliphatic rings. The largest absolute Gasteiger partial charge is 0.349 e. The highest BCUT2D eigenvalue weighted by Crippen LogP contribution is 2.16. The molecule has 0 saturated carbocycles. The van der Waals surface area contributed by atoms with E-state index in [1.165, 1.54) is 6.07 Å². The van der Waals surface area contributed by atoms with E-state index < -0.39 is 0 Å². The Hall–Kier alpha value is -0.900. The summed E-state index contributed by atoms with van der Waals surface area (Å²) in [7, 11) is 0. The molecule has 0 unspecified atom stereocenters. The Morgan fingerprint density at radius 1 is 1.60 bits per heavy atom. The maximum Gasteiger partial charge on any atom is 0.231 e. The number of halogens is 2. The quantitative estimate of drug-likeness (QED) is 0.844. The van der Waals surface area contributed by atoms with E-state index in [9.17, 15) is 9.18 Å². The number of carbonyl (C=O) groups is 1. The first-order valence-corrected chi connectivity index (χ1v) is 5.78. The minimum atomic E-state index is -0.224. The number of hydrogen-bond acceptors (Lipinski definition) is 1. The molecule has 0 spiro atoms. The topological polar surface area (TPSA) is 29.1 Å². The molecule has 0 saturated heterocycles. The van der Waals surface area contributed by atoms with Crippen molar-refractivity contribution in [2.45, 2.75) is 19.9 Å². The number of hydrogen-bond donors (Lipinski definition) is 1. The van der Waals surface area contributed by atoms with E-state index in [1.807, 2.05) is 6.92 Å². The minimum Gasteiger partial charge on any atom is -0.349 e. The summed E-state index contributed by atoms with van der Waals surface area (Å²) >= 11 is 3.07. The van der Waals surface area contributed by atoms with E-state index in [1.54, 1.807) is 19.1 Å². The van der Waals surface area contributed by atoms with Gasteiger partial charge in [0.25, 0.3) is 0 Å². The highest BCUT2D eigenvalue weighted by Gasteiger charge is 2.09. The number of alkyl halides is 1. The highest BCUT2D eigenvalue weighted by molar-refractivity contribution is 9.09. The van der Waals surface area contributed by atoms with Gasteiger partial charge < -0.3 is 5.32 Å². The number of benzene rings is 1. The number of aryl methyl sites for hydroxylation is 1. The van der Waals surface area contributed by atoms with Crippen LogP contribution in [0.5, 0.6) is 0 Å². The van der Waals surface area contributed by atoms with Crippen LogP contribution >= 0.6 is 15.9 Å². The fourth-order valence-corrected chi connectivity index (χ4v) is 1.46. The monoisotopic (exact) mass is 273 g/mol. The molecule has 1 atom stereocenters. The van der Waals surface area contributed by atoms with E-state index in [0.717, 1.165) is 5.56 Å². The molecule has 0 radical (unpaired) electrons. The van der Waals surface area contributed by atoms with Crippen molar-refractivity contribution in [1.29, 1.82) is 0 Å². The summed E-state index contributed by atoms with van der Waals surface area (Å²) < 4.78 is 13.0. The van der Waals surface area contributed by atoms with Gasteiger partial charge in [0, 0.05) is 0 Å². The van der Waals surface area contributed by atoms with Crippen LogP contribution in [0.15, 0.2) is 18.2 Å². The lowest BCUT2D eigenvalue weighted by Crippen LogP contribution is -2.27. The Morgan fingerprint density at radius 2 is 2.27 bits per heavy atom. The first kappa shape index (κ1) is 12.2. The smallest absolute Gasteiger partial charge is 0.231 e. The second-order valence-electron chi connectivity index (χ2n) is 3.43. The van der Waals surface area contributed by atoms with Crippen molar-refractivity contribution in [2.24, 2.45) is 0 Å². The summed E-state index contributed by atoms with van der Waals surface area (Å²) in [6.45, 7) is 3.57. The zero-order valence-corrected chi connectivity index (χ0v) is 10.3. The highest BCUT2D eigenvalue weighted by atomic mass is 79.9. The third kappa shape index (κ3) is 3.30. The molecule has 1 aromatic rings. The first-order chi connectivity index (χ1) is 7.04. The van der Waals surface area contributed by atoms with Crippen LogP contribution in [0.25, 0.3) is 0 Å². The van der Waals surface area contributed by atoms with Crippen LogP contribution in [0.1, 0.15) is 24.1 Å². The predicted molar refractivity (Wildman–Crippen MR) is 61.5 cm³/mol. The van der Waals surface area contributed by atoms with Gasteiger partial charge in [0.15, 0.2) is 0 Å². The van der Waals surface area contributed by atoms with Crippen molar-refractivity contribution in [3.05, 3.63) is 35.1 Å². The lowest BCUT2D eigenvalue weighted by atomic mass is 10.1. The van der Waals surface area contributed by atoms with Gasteiger partial charge in [-0.3, -0.25) is 4.79 Å². The molecule has 82 valence electrons. The summed E-state index contributed by atoms with van der Waals surface area (Å²) in [6.07, 6.45) is 0. The van der Waals surface area contributed by atoms with Crippen molar-refractivity contribution < 1.29 is 9.18 Å². The van der Waals surface area contributed by atoms with Crippen LogP contribution in [0, 0.1) is 12.7 Å². The van der Waals surface area contributed by atoms with Crippen molar-refractivity contribution in [3.63, 3.8) is 0 Å². The fraction of sp³-hybridized carbons (Fsp3) is 0.364. The van der Waals surface area contributed by atoms with Crippen molar-refractivity contribution >= 4 is 21.8 Å². The maximum absolute atomic E-state index is 13.0. The summed E-state index contributed by atoms with van der Waals surface area (Å²) in [4.78, 5) is 11.1. The number of nitrogens with one attached hydrogen (secondary N) is 1. The van der Waals surface area contributed by atoms with Crippen molar-refractivity contribution in [1.82, 2.24) is 5.32 Å². The molecule has 0 fully saturated rings. The zero-order valence-electron chi connectivity index (χ0n) is 8.68. The summed E-state index contributed by atoms with van der Waals surface area (Å²) in [6, 6.07) is 4.74. The number of rotatable bonds is 3. The standard InChI is InChI=1S/C11H13BrFNO/c1-7-5-9(3-4-10(7)13)8(2)14-11(15)6-12/h3-5,8H,6H2,1-2H3,(H,14,15)/t8-/m0/s1. The van der Waals surface area contributed by atoms with E-state index >= 15 is 0 Å². The van der Waals surface area contributed by atoms with Crippen LogP contribution in [-0.4, -0.2) is 11.2 Å². The normalized spacial score (nSPS) is 12.3. The van der Waals surface area contributed by atoms with E-state index in [2.05, 4.69) is 21.2 Å². The Bertz CT molecular complexity index is 368. The molecule has 2 nitrogen and oxygen atoms in total. The Morgan fingerprint density at radius 3 is 2.80 bits per heavy atom. The molecule has 0 aromatic heterocycles. The third-order valence-corrected chi connectivity index (χ3v) is 2.69. The van der Waals surface area contributed by atoms with E-state index in [0.29, 0.717) is 5.56 Å². The molecular formula is C11H13BrFNO.